The van der Waals surface area contributed by atoms with Crippen molar-refractivity contribution in [3.63, 3.8) is 0 Å². The van der Waals surface area contributed by atoms with Gasteiger partial charge < -0.3 is 10.6 Å². The molecule has 15 heavy (non-hydrogen) atoms. The monoisotopic (exact) mass is 252 g/mol. The van der Waals surface area contributed by atoms with Crippen LogP contribution in [0.3, 0.4) is 0 Å². The third-order valence-corrected chi connectivity index (χ3v) is 4.03. The molecule has 1 rings (SSSR count). The molecule has 1 atom stereocenters. The molecule has 0 aliphatic carbocycles. The lowest BCUT2D eigenvalue weighted by atomic mass is 9.80. The largest absolute Gasteiger partial charge is 0.327 e. The number of nitrogens with zero attached hydrogens (tertiary/aromatic N) is 1. The fourth-order valence-electron chi connectivity index (χ4n) is 2.01. The van der Waals surface area contributed by atoms with Crippen LogP contribution in [0.25, 0.3) is 0 Å². The summed E-state index contributed by atoms with van der Waals surface area (Å²) >= 11 is 2.03. The number of hydrogen-bond donors (Lipinski definition) is 1. The van der Waals surface area contributed by atoms with Gasteiger partial charge in [-0.05, 0) is 24.1 Å². The van der Waals surface area contributed by atoms with E-state index >= 15 is 0 Å². The molecule has 1 saturated heterocycles. The Hall–Kier alpha value is 0.560. The molecule has 0 spiro atoms. The minimum Gasteiger partial charge on any atom is -0.327 e. The number of piperidine rings is 1. The van der Waals surface area contributed by atoms with E-state index in [2.05, 4.69) is 25.7 Å². The van der Waals surface area contributed by atoms with Gasteiger partial charge in [-0.15, -0.1) is 12.4 Å². The second-order valence-electron chi connectivity index (χ2n) is 4.86. The van der Waals surface area contributed by atoms with Crippen molar-refractivity contribution < 1.29 is 0 Å². The van der Waals surface area contributed by atoms with Gasteiger partial charge in [0.25, 0.3) is 0 Å². The Bertz CT molecular complexity index is 176. The first-order valence-electron chi connectivity index (χ1n) is 5.62. The smallest absolute Gasteiger partial charge is 0.0115 e. The summed E-state index contributed by atoms with van der Waals surface area (Å²) in [5.74, 6) is 2.50. The number of hydrogen-bond acceptors (Lipinski definition) is 3. The standard InChI is InChI=1S/C11H24N2S.ClH/c1-4-14-8-7-13-6-5-10(12)11(2,3)9-13;/h10H,4-9,12H2,1-3H3;1H. The molecule has 0 saturated carbocycles. The van der Waals surface area contributed by atoms with Crippen LogP contribution < -0.4 is 5.73 Å². The molecule has 2 N–H and O–H groups in total. The van der Waals surface area contributed by atoms with Crippen molar-refractivity contribution >= 4 is 24.2 Å². The minimum atomic E-state index is 0. The lowest BCUT2D eigenvalue weighted by Crippen LogP contribution is -2.52. The Morgan fingerprint density at radius 2 is 2.13 bits per heavy atom. The maximum atomic E-state index is 6.10. The predicted molar refractivity (Wildman–Crippen MR) is 73.1 cm³/mol. The molecule has 2 nitrogen and oxygen atoms in total. The van der Waals surface area contributed by atoms with Gasteiger partial charge in [0.1, 0.15) is 0 Å². The van der Waals surface area contributed by atoms with Gasteiger partial charge >= 0.3 is 0 Å². The molecule has 0 radical (unpaired) electrons. The highest BCUT2D eigenvalue weighted by Crippen LogP contribution is 2.27. The molecule has 0 aromatic carbocycles. The summed E-state index contributed by atoms with van der Waals surface area (Å²) in [5.41, 5.74) is 6.40. The average Bonchev–Trinajstić information content (AvgIpc) is 2.11. The van der Waals surface area contributed by atoms with E-state index in [1.807, 2.05) is 11.8 Å². The molecule has 1 unspecified atom stereocenters. The van der Waals surface area contributed by atoms with Gasteiger partial charge in [-0.2, -0.15) is 11.8 Å². The Balaban J connectivity index is 0.00000196. The fraction of sp³-hybridized carbons (Fsp3) is 1.00. The third kappa shape index (κ3) is 4.94. The Morgan fingerprint density at radius 3 is 2.67 bits per heavy atom. The molecule has 1 aliphatic heterocycles. The summed E-state index contributed by atoms with van der Waals surface area (Å²) in [7, 11) is 0. The first kappa shape index (κ1) is 15.6. The number of rotatable bonds is 4. The lowest BCUT2D eigenvalue weighted by molar-refractivity contribution is 0.101. The zero-order valence-electron chi connectivity index (χ0n) is 10.2. The second kappa shape index (κ2) is 7.00. The maximum absolute atomic E-state index is 6.10. The van der Waals surface area contributed by atoms with Gasteiger partial charge in [0.15, 0.2) is 0 Å². The summed E-state index contributed by atoms with van der Waals surface area (Å²) in [6.07, 6.45) is 1.16. The molecule has 0 aromatic heterocycles. The van der Waals surface area contributed by atoms with Gasteiger partial charge in [-0.3, -0.25) is 0 Å². The molecule has 0 amide bonds. The Labute approximate surface area is 105 Å². The van der Waals surface area contributed by atoms with Gasteiger partial charge in [0.05, 0.1) is 0 Å². The van der Waals surface area contributed by atoms with Crippen molar-refractivity contribution in [1.82, 2.24) is 4.90 Å². The highest BCUT2D eigenvalue weighted by molar-refractivity contribution is 7.99. The summed E-state index contributed by atoms with van der Waals surface area (Å²) in [4.78, 5) is 2.56. The van der Waals surface area contributed by atoms with Crippen LogP contribution in [-0.2, 0) is 0 Å². The Kier molecular flexibility index (Phi) is 7.26. The van der Waals surface area contributed by atoms with E-state index in [-0.39, 0.29) is 12.4 Å². The topological polar surface area (TPSA) is 29.3 Å². The molecule has 1 aliphatic rings. The molecular formula is C11H25ClN2S. The van der Waals surface area contributed by atoms with Crippen molar-refractivity contribution in [3.05, 3.63) is 0 Å². The zero-order chi connectivity index (χ0) is 10.6. The third-order valence-electron chi connectivity index (χ3n) is 3.15. The van der Waals surface area contributed by atoms with Crippen molar-refractivity contribution in [1.29, 1.82) is 0 Å². The summed E-state index contributed by atoms with van der Waals surface area (Å²) in [5, 5.41) is 0. The summed E-state index contributed by atoms with van der Waals surface area (Å²) < 4.78 is 0. The van der Waals surface area contributed by atoms with E-state index in [1.165, 1.54) is 31.1 Å². The highest BCUT2D eigenvalue weighted by Gasteiger charge is 2.32. The highest BCUT2D eigenvalue weighted by atomic mass is 35.5. The van der Waals surface area contributed by atoms with Gasteiger partial charge in [-0.25, -0.2) is 0 Å². The zero-order valence-corrected chi connectivity index (χ0v) is 11.8. The molecule has 1 heterocycles. The SMILES string of the molecule is CCSCCN1CCC(N)C(C)(C)C1.Cl. The fourth-order valence-corrected chi connectivity index (χ4v) is 2.69. The summed E-state index contributed by atoms with van der Waals surface area (Å²) in [6, 6.07) is 0.387. The molecule has 4 heteroatoms. The second-order valence-corrected chi connectivity index (χ2v) is 6.25. The van der Waals surface area contributed by atoms with E-state index < -0.39 is 0 Å². The van der Waals surface area contributed by atoms with E-state index in [0.29, 0.717) is 11.5 Å². The number of likely N-dealkylation sites (tertiary alicyclic amines) is 1. The van der Waals surface area contributed by atoms with Crippen LogP contribution in [0.15, 0.2) is 0 Å². The molecule has 0 aromatic rings. The average molecular weight is 253 g/mol. The van der Waals surface area contributed by atoms with Crippen LogP contribution >= 0.6 is 24.2 Å². The van der Waals surface area contributed by atoms with Crippen molar-refractivity contribution in [3.8, 4) is 0 Å². The first-order chi connectivity index (χ1) is 6.56. The van der Waals surface area contributed by atoms with Crippen LogP contribution in [0.4, 0.5) is 0 Å². The van der Waals surface area contributed by atoms with Crippen molar-refractivity contribution in [2.45, 2.75) is 33.2 Å². The van der Waals surface area contributed by atoms with E-state index in [9.17, 15) is 0 Å². The quantitative estimate of drug-likeness (QED) is 0.778. The van der Waals surface area contributed by atoms with Gasteiger partial charge in [0.2, 0.25) is 0 Å². The Morgan fingerprint density at radius 1 is 1.47 bits per heavy atom. The van der Waals surface area contributed by atoms with E-state index in [1.54, 1.807) is 0 Å². The van der Waals surface area contributed by atoms with Gasteiger partial charge in [0, 0.05) is 24.9 Å². The van der Waals surface area contributed by atoms with E-state index in [4.69, 9.17) is 5.73 Å². The van der Waals surface area contributed by atoms with Crippen LogP contribution in [0.5, 0.6) is 0 Å². The minimum absolute atomic E-state index is 0. The van der Waals surface area contributed by atoms with Gasteiger partial charge in [-0.1, -0.05) is 20.8 Å². The molecular weight excluding hydrogens is 228 g/mol. The molecule has 92 valence electrons. The van der Waals surface area contributed by atoms with Crippen LogP contribution in [-0.4, -0.2) is 42.1 Å². The van der Waals surface area contributed by atoms with Crippen molar-refractivity contribution in [2.75, 3.05) is 31.1 Å². The van der Waals surface area contributed by atoms with Crippen LogP contribution in [0, 0.1) is 5.41 Å². The maximum Gasteiger partial charge on any atom is 0.0115 e. The lowest BCUT2D eigenvalue weighted by Gasteiger charge is -2.42. The van der Waals surface area contributed by atoms with Crippen LogP contribution in [0.1, 0.15) is 27.2 Å². The summed E-state index contributed by atoms with van der Waals surface area (Å²) in [6.45, 7) is 10.4. The molecule has 0 bridgehead atoms. The normalized spacial score (nSPS) is 26.0. The van der Waals surface area contributed by atoms with Crippen molar-refractivity contribution in [2.24, 2.45) is 11.1 Å². The predicted octanol–water partition coefficient (Wildman–Crippen LogP) is 2.22. The number of halogens is 1. The van der Waals surface area contributed by atoms with Crippen LogP contribution in [0.2, 0.25) is 0 Å². The van der Waals surface area contributed by atoms with E-state index in [0.717, 1.165) is 6.42 Å². The molecule has 1 fully saturated rings. The first-order valence-corrected chi connectivity index (χ1v) is 6.77. The number of nitrogens with two attached hydrogens (primary N) is 1. The number of thioether (sulfide) groups is 1.